The monoisotopic (exact) mass is 445 g/mol. The van der Waals surface area contributed by atoms with Crippen LogP contribution in [0.15, 0.2) is 64.3 Å². The van der Waals surface area contributed by atoms with Crippen molar-refractivity contribution in [1.29, 1.82) is 0 Å². The second-order valence-electron chi connectivity index (χ2n) is 6.88. The molecule has 0 unspecified atom stereocenters. The lowest BCUT2D eigenvalue weighted by Crippen LogP contribution is -2.34. The predicted octanol–water partition coefficient (Wildman–Crippen LogP) is 3.28. The number of aromatic nitrogens is 4. The fraction of sp³-hybridized carbons (Fsp3) is 0.143. The molecule has 0 spiro atoms. The first kappa shape index (κ1) is 21.2. The molecule has 0 fully saturated rings. The number of nitrogens with zero attached hydrogens (tertiary/aromatic N) is 3. The summed E-state index contributed by atoms with van der Waals surface area (Å²) in [7, 11) is 0. The smallest absolute Gasteiger partial charge is 0.354 e. The number of fused-ring (bicyclic) bond motifs is 1. The molecule has 32 heavy (non-hydrogen) atoms. The number of anilines is 1. The Bertz CT molecular complexity index is 1410. The Kier molecular flexibility index (Phi) is 5.47. The van der Waals surface area contributed by atoms with Crippen molar-refractivity contribution < 1.29 is 17.6 Å². The highest BCUT2D eigenvalue weighted by Crippen LogP contribution is 2.29. The maximum atomic E-state index is 13.5. The van der Waals surface area contributed by atoms with Crippen LogP contribution in [-0.4, -0.2) is 26.1 Å². The van der Waals surface area contributed by atoms with Crippen molar-refractivity contribution in [3.63, 3.8) is 0 Å². The summed E-state index contributed by atoms with van der Waals surface area (Å²) in [5, 5.41) is 2.86. The molecule has 0 amide bonds. The average Bonchev–Trinajstić information content (AvgIpc) is 2.73. The number of aromatic amines is 1. The first-order valence-corrected chi connectivity index (χ1v) is 9.40. The van der Waals surface area contributed by atoms with Crippen molar-refractivity contribution in [1.82, 2.24) is 19.5 Å². The number of hydrogen-bond donors (Lipinski definition) is 2. The third-order valence-electron chi connectivity index (χ3n) is 4.67. The van der Waals surface area contributed by atoms with E-state index in [0.29, 0.717) is 5.56 Å². The minimum Gasteiger partial charge on any atom is -0.354 e. The molecule has 0 aliphatic carbocycles. The topological polar surface area (TPSA) is 92.7 Å². The Balaban J connectivity index is 1.55. The van der Waals surface area contributed by atoms with E-state index in [1.165, 1.54) is 30.5 Å². The maximum Gasteiger partial charge on any atom is 0.416 e. The van der Waals surface area contributed by atoms with Gasteiger partial charge in [-0.05, 0) is 36.2 Å². The van der Waals surface area contributed by atoms with E-state index in [1.54, 1.807) is 6.07 Å². The number of benzene rings is 2. The second-order valence-corrected chi connectivity index (χ2v) is 6.88. The number of nitrogens with one attached hydrogen (secondary N) is 2. The molecular formula is C21H15F4N5O2. The molecule has 0 atom stereocenters. The van der Waals surface area contributed by atoms with E-state index in [1.807, 2.05) is 0 Å². The minimum absolute atomic E-state index is 0.0114. The Morgan fingerprint density at radius 2 is 1.84 bits per heavy atom. The molecule has 2 heterocycles. The Labute approximate surface area is 177 Å². The van der Waals surface area contributed by atoms with Crippen molar-refractivity contribution in [2.75, 3.05) is 11.9 Å². The molecule has 4 aromatic rings. The lowest BCUT2D eigenvalue weighted by atomic mass is 10.1. The van der Waals surface area contributed by atoms with Crippen LogP contribution in [0.3, 0.4) is 0 Å². The van der Waals surface area contributed by atoms with Crippen LogP contribution < -0.4 is 16.6 Å². The van der Waals surface area contributed by atoms with Crippen molar-refractivity contribution in [2.24, 2.45) is 0 Å². The van der Waals surface area contributed by atoms with Crippen LogP contribution in [0.4, 0.5) is 23.5 Å². The molecule has 0 aliphatic rings. The molecule has 11 heteroatoms. The highest BCUT2D eigenvalue weighted by molar-refractivity contribution is 5.73. The number of rotatable bonds is 5. The van der Waals surface area contributed by atoms with Crippen LogP contribution in [0.25, 0.3) is 16.7 Å². The van der Waals surface area contributed by atoms with Crippen LogP contribution in [0, 0.1) is 5.82 Å². The largest absolute Gasteiger partial charge is 0.416 e. The summed E-state index contributed by atoms with van der Waals surface area (Å²) in [5.74, 6) is -0.520. The zero-order valence-electron chi connectivity index (χ0n) is 16.3. The van der Waals surface area contributed by atoms with Gasteiger partial charge in [0.1, 0.15) is 11.2 Å². The molecule has 0 aliphatic heterocycles. The van der Waals surface area contributed by atoms with Gasteiger partial charge in [-0.1, -0.05) is 24.3 Å². The Morgan fingerprint density at radius 1 is 1.06 bits per heavy atom. The molecular weight excluding hydrogens is 430 g/mol. The van der Waals surface area contributed by atoms with Gasteiger partial charge in [-0.2, -0.15) is 18.2 Å². The maximum absolute atomic E-state index is 13.5. The standard InChI is InChI=1S/C21H15F4N5O2/c22-14-5-2-6-15(10-14)30-18(31)16-11-27-19(28-17(16)29-20(30)32)26-8-7-12-3-1-4-13(9-12)21(23,24)25/h1-6,9-11H,7-8H2,(H2,26,27,28,29,32). The second kappa shape index (κ2) is 8.25. The van der Waals surface area contributed by atoms with Crippen molar-refractivity contribution in [3.8, 4) is 5.69 Å². The number of hydrogen-bond acceptors (Lipinski definition) is 5. The van der Waals surface area contributed by atoms with E-state index >= 15 is 0 Å². The van der Waals surface area contributed by atoms with Crippen LogP contribution in [0.2, 0.25) is 0 Å². The summed E-state index contributed by atoms with van der Waals surface area (Å²) in [6, 6.07) is 9.98. The molecule has 0 radical (unpaired) electrons. The van der Waals surface area contributed by atoms with Gasteiger partial charge in [-0.15, -0.1) is 0 Å². The van der Waals surface area contributed by atoms with E-state index in [-0.39, 0.29) is 35.6 Å². The van der Waals surface area contributed by atoms with Gasteiger partial charge in [0.25, 0.3) is 5.56 Å². The lowest BCUT2D eigenvalue weighted by Gasteiger charge is -2.10. The van der Waals surface area contributed by atoms with E-state index < -0.39 is 28.8 Å². The SMILES string of the molecule is O=c1[nH]c2nc(NCCc3cccc(C(F)(F)F)c3)ncc2c(=O)n1-c1cccc(F)c1. The quantitative estimate of drug-likeness (QED) is 0.460. The average molecular weight is 445 g/mol. The van der Waals surface area contributed by atoms with Gasteiger partial charge >= 0.3 is 11.9 Å². The van der Waals surface area contributed by atoms with Crippen molar-refractivity contribution in [2.45, 2.75) is 12.6 Å². The normalized spacial score (nSPS) is 11.6. The highest BCUT2D eigenvalue weighted by Gasteiger charge is 2.30. The first-order valence-electron chi connectivity index (χ1n) is 9.40. The Morgan fingerprint density at radius 3 is 2.59 bits per heavy atom. The van der Waals surface area contributed by atoms with Gasteiger partial charge in [0.05, 0.1) is 11.3 Å². The number of H-pyrrole nitrogens is 1. The third kappa shape index (κ3) is 4.36. The molecule has 2 aromatic carbocycles. The van der Waals surface area contributed by atoms with E-state index in [4.69, 9.17) is 0 Å². The van der Waals surface area contributed by atoms with Crippen LogP contribution in [-0.2, 0) is 12.6 Å². The zero-order chi connectivity index (χ0) is 22.9. The minimum atomic E-state index is -4.42. The van der Waals surface area contributed by atoms with Crippen molar-refractivity contribution in [3.05, 3.63) is 92.5 Å². The summed E-state index contributed by atoms with van der Waals surface area (Å²) in [6.07, 6.45) is -2.94. The fourth-order valence-corrected chi connectivity index (χ4v) is 3.16. The molecule has 2 aromatic heterocycles. The van der Waals surface area contributed by atoms with Crippen LogP contribution in [0.1, 0.15) is 11.1 Å². The molecule has 0 bridgehead atoms. The molecule has 164 valence electrons. The number of halogens is 4. The predicted molar refractivity (Wildman–Crippen MR) is 109 cm³/mol. The van der Waals surface area contributed by atoms with Gasteiger partial charge < -0.3 is 5.32 Å². The summed E-state index contributed by atoms with van der Waals surface area (Å²) in [4.78, 5) is 35.7. The first-order chi connectivity index (χ1) is 15.2. The molecule has 0 saturated heterocycles. The highest BCUT2D eigenvalue weighted by atomic mass is 19.4. The summed E-state index contributed by atoms with van der Waals surface area (Å²) in [5.41, 5.74) is -1.75. The number of alkyl halides is 3. The van der Waals surface area contributed by atoms with Gasteiger partial charge in [0.15, 0.2) is 5.65 Å². The summed E-state index contributed by atoms with van der Waals surface area (Å²) >= 11 is 0. The lowest BCUT2D eigenvalue weighted by molar-refractivity contribution is -0.137. The molecule has 2 N–H and O–H groups in total. The fourth-order valence-electron chi connectivity index (χ4n) is 3.16. The Hall–Kier alpha value is -4.02. The van der Waals surface area contributed by atoms with E-state index in [0.717, 1.165) is 22.8 Å². The zero-order valence-corrected chi connectivity index (χ0v) is 16.3. The summed E-state index contributed by atoms with van der Waals surface area (Å²) < 4.78 is 52.7. The molecule has 4 rings (SSSR count). The molecule has 0 saturated carbocycles. The molecule has 7 nitrogen and oxygen atoms in total. The van der Waals surface area contributed by atoms with Crippen LogP contribution >= 0.6 is 0 Å². The van der Waals surface area contributed by atoms with Gasteiger partial charge in [0, 0.05) is 12.7 Å². The van der Waals surface area contributed by atoms with Crippen LogP contribution in [0.5, 0.6) is 0 Å². The van der Waals surface area contributed by atoms with Crippen molar-refractivity contribution >= 4 is 17.0 Å². The van der Waals surface area contributed by atoms with E-state index in [9.17, 15) is 27.2 Å². The van der Waals surface area contributed by atoms with Gasteiger partial charge in [0.2, 0.25) is 5.95 Å². The third-order valence-corrected chi connectivity index (χ3v) is 4.67. The van der Waals surface area contributed by atoms with Gasteiger partial charge in [-0.3, -0.25) is 9.78 Å². The summed E-state index contributed by atoms with van der Waals surface area (Å²) in [6.45, 7) is 0.220. The van der Waals surface area contributed by atoms with E-state index in [2.05, 4.69) is 20.3 Å². The van der Waals surface area contributed by atoms with Gasteiger partial charge in [-0.25, -0.2) is 18.7 Å².